The van der Waals surface area contributed by atoms with E-state index >= 15 is 0 Å². The van der Waals surface area contributed by atoms with Gasteiger partial charge in [0.15, 0.2) is 0 Å². The lowest BCUT2D eigenvalue weighted by molar-refractivity contribution is -0.171. The van der Waals surface area contributed by atoms with E-state index in [1.165, 1.54) is 12.2 Å². The Hall–Kier alpha value is -1.39. The summed E-state index contributed by atoms with van der Waals surface area (Å²) in [5, 5.41) is 1.21. The molecule has 0 unspecified atom stereocenters. The molecule has 0 aliphatic heterocycles. The Kier molecular flexibility index (Phi) is 5.66. The number of nitrogens with zero attached hydrogens (tertiary/aromatic N) is 1. The molecule has 4 nitrogen and oxygen atoms in total. The zero-order valence-corrected chi connectivity index (χ0v) is 10.6. The second-order valence-corrected chi connectivity index (χ2v) is 3.89. The van der Waals surface area contributed by atoms with Gasteiger partial charge in [0.1, 0.15) is 0 Å². The normalized spacial score (nSPS) is 12.2. The number of ether oxygens (including phenoxy) is 1. The second kappa shape index (κ2) is 7.04. The number of hydroxylamine groups is 2. The molecule has 0 aliphatic carbocycles. The number of benzene rings is 1. The Bertz CT molecular complexity index is 340. The molecule has 0 saturated carbocycles. The number of hydrogen-bond donors (Lipinski definition) is 0. The van der Waals surface area contributed by atoms with Crippen LogP contribution in [-0.2, 0) is 21.0 Å². The van der Waals surface area contributed by atoms with Gasteiger partial charge in [0.25, 0.3) is 0 Å². The zero-order chi connectivity index (χ0) is 12.7. The van der Waals surface area contributed by atoms with Crippen molar-refractivity contribution in [1.29, 1.82) is 0 Å². The molecule has 94 valence electrons. The Morgan fingerprint density at radius 1 is 1.35 bits per heavy atom. The lowest BCUT2D eigenvalue weighted by Crippen LogP contribution is -2.28. The molecular weight excluding hydrogens is 218 g/mol. The first-order valence-electron chi connectivity index (χ1n) is 5.59. The predicted molar refractivity (Wildman–Crippen MR) is 65.1 cm³/mol. The highest BCUT2D eigenvalue weighted by molar-refractivity contribution is 5.75. The maximum absolute atomic E-state index is 11.5. The number of carbonyl (C=O) groups excluding carboxylic acids is 1. The molecular formula is C13H19NO3. The molecule has 0 radical (unpaired) electrons. The summed E-state index contributed by atoms with van der Waals surface area (Å²) in [6.07, 6.45) is 0.192. The minimum Gasteiger partial charge on any atom is -0.373 e. The van der Waals surface area contributed by atoms with Crippen LogP contribution in [0.15, 0.2) is 30.3 Å². The number of amides is 1. The van der Waals surface area contributed by atoms with Crippen LogP contribution < -0.4 is 0 Å². The third-order valence-corrected chi connectivity index (χ3v) is 2.46. The molecule has 1 aromatic carbocycles. The molecule has 4 heteroatoms. The number of hydrogen-bond acceptors (Lipinski definition) is 3. The van der Waals surface area contributed by atoms with Crippen molar-refractivity contribution < 1.29 is 14.4 Å². The van der Waals surface area contributed by atoms with Crippen molar-refractivity contribution in [3.63, 3.8) is 0 Å². The Labute approximate surface area is 102 Å². The minimum absolute atomic E-state index is 0.0898. The highest BCUT2D eigenvalue weighted by Crippen LogP contribution is 2.06. The summed E-state index contributed by atoms with van der Waals surface area (Å²) in [6, 6.07) is 9.88. The predicted octanol–water partition coefficient (Wildman–Crippen LogP) is 2.00. The Morgan fingerprint density at radius 2 is 2.00 bits per heavy atom. The van der Waals surface area contributed by atoms with Crippen molar-refractivity contribution >= 4 is 5.91 Å². The third-order valence-electron chi connectivity index (χ3n) is 2.46. The Morgan fingerprint density at radius 3 is 2.59 bits per heavy atom. The van der Waals surface area contributed by atoms with Gasteiger partial charge in [-0.25, -0.2) is 5.06 Å². The van der Waals surface area contributed by atoms with E-state index in [2.05, 4.69) is 0 Å². The monoisotopic (exact) mass is 237 g/mol. The van der Waals surface area contributed by atoms with Crippen LogP contribution in [-0.4, -0.2) is 31.2 Å². The Balaban J connectivity index is 2.30. The molecule has 0 fully saturated rings. The lowest BCUT2D eigenvalue weighted by Gasteiger charge is -2.17. The molecule has 0 bridgehead atoms. The first kappa shape index (κ1) is 13.7. The summed E-state index contributed by atoms with van der Waals surface area (Å²) in [7, 11) is 3.06. The van der Waals surface area contributed by atoms with E-state index in [-0.39, 0.29) is 12.0 Å². The summed E-state index contributed by atoms with van der Waals surface area (Å²) in [5.74, 6) is -0.0898. The number of carbonyl (C=O) groups is 1. The summed E-state index contributed by atoms with van der Waals surface area (Å²) in [5.41, 5.74) is 1.10. The standard InChI is InChI=1S/C13H19NO3/c1-11(9-13(15)14(2)16-3)17-10-12-7-5-4-6-8-12/h4-8,11H,9-10H2,1-3H3/t11-/m0/s1. The van der Waals surface area contributed by atoms with Crippen LogP contribution in [0, 0.1) is 0 Å². The van der Waals surface area contributed by atoms with E-state index in [0.29, 0.717) is 13.0 Å². The highest BCUT2D eigenvalue weighted by atomic mass is 16.7. The summed E-state index contributed by atoms with van der Waals surface area (Å²) >= 11 is 0. The van der Waals surface area contributed by atoms with Gasteiger partial charge in [-0.05, 0) is 12.5 Å². The third kappa shape index (κ3) is 4.97. The fourth-order valence-corrected chi connectivity index (χ4v) is 1.35. The van der Waals surface area contributed by atoms with E-state index in [1.807, 2.05) is 37.3 Å². The molecule has 0 aromatic heterocycles. The fraction of sp³-hybridized carbons (Fsp3) is 0.462. The van der Waals surface area contributed by atoms with Gasteiger partial charge in [-0.1, -0.05) is 30.3 Å². The molecule has 0 heterocycles. The van der Waals surface area contributed by atoms with Gasteiger partial charge in [0.05, 0.1) is 26.2 Å². The van der Waals surface area contributed by atoms with Gasteiger partial charge in [0, 0.05) is 7.05 Å². The van der Waals surface area contributed by atoms with Crippen LogP contribution in [0.3, 0.4) is 0 Å². The summed E-state index contributed by atoms with van der Waals surface area (Å²) in [4.78, 5) is 16.3. The van der Waals surface area contributed by atoms with Crippen molar-refractivity contribution in [2.75, 3.05) is 14.2 Å². The summed E-state index contributed by atoms with van der Waals surface area (Å²) in [6.45, 7) is 2.40. The summed E-state index contributed by atoms with van der Waals surface area (Å²) < 4.78 is 5.59. The van der Waals surface area contributed by atoms with Gasteiger partial charge >= 0.3 is 0 Å². The second-order valence-electron chi connectivity index (χ2n) is 3.89. The van der Waals surface area contributed by atoms with Crippen molar-refractivity contribution in [2.24, 2.45) is 0 Å². The smallest absolute Gasteiger partial charge is 0.248 e. The van der Waals surface area contributed by atoms with Gasteiger partial charge in [-0.2, -0.15) is 0 Å². The zero-order valence-electron chi connectivity index (χ0n) is 10.6. The van der Waals surface area contributed by atoms with Gasteiger partial charge < -0.3 is 4.74 Å². The van der Waals surface area contributed by atoms with Crippen molar-refractivity contribution in [2.45, 2.75) is 26.1 Å². The van der Waals surface area contributed by atoms with Crippen LogP contribution in [0.1, 0.15) is 18.9 Å². The number of rotatable bonds is 6. The van der Waals surface area contributed by atoms with Crippen LogP contribution in [0.4, 0.5) is 0 Å². The van der Waals surface area contributed by atoms with Gasteiger partial charge in [-0.15, -0.1) is 0 Å². The first-order chi connectivity index (χ1) is 8.13. The maximum atomic E-state index is 11.5. The van der Waals surface area contributed by atoms with E-state index in [0.717, 1.165) is 5.56 Å². The van der Waals surface area contributed by atoms with E-state index in [1.54, 1.807) is 7.05 Å². The quantitative estimate of drug-likeness (QED) is 0.710. The van der Waals surface area contributed by atoms with Crippen molar-refractivity contribution in [3.8, 4) is 0 Å². The van der Waals surface area contributed by atoms with Crippen molar-refractivity contribution in [3.05, 3.63) is 35.9 Å². The maximum Gasteiger partial charge on any atom is 0.248 e. The molecule has 0 spiro atoms. The topological polar surface area (TPSA) is 38.8 Å². The van der Waals surface area contributed by atoms with Crippen LogP contribution in [0.25, 0.3) is 0 Å². The average molecular weight is 237 g/mol. The molecule has 1 atom stereocenters. The average Bonchev–Trinajstić information content (AvgIpc) is 2.36. The molecule has 0 N–H and O–H groups in total. The molecule has 0 saturated heterocycles. The SMILES string of the molecule is CON(C)C(=O)C[C@H](C)OCc1ccccc1. The largest absolute Gasteiger partial charge is 0.373 e. The van der Waals surface area contributed by atoms with Crippen molar-refractivity contribution in [1.82, 2.24) is 5.06 Å². The van der Waals surface area contributed by atoms with E-state index in [9.17, 15) is 4.79 Å². The van der Waals surface area contributed by atoms with E-state index in [4.69, 9.17) is 9.57 Å². The molecule has 0 aliphatic rings. The van der Waals surface area contributed by atoms with Crippen LogP contribution in [0.5, 0.6) is 0 Å². The van der Waals surface area contributed by atoms with Crippen LogP contribution >= 0.6 is 0 Å². The van der Waals surface area contributed by atoms with Gasteiger partial charge in [0.2, 0.25) is 5.91 Å². The molecule has 1 rings (SSSR count). The molecule has 1 aromatic rings. The van der Waals surface area contributed by atoms with E-state index < -0.39 is 0 Å². The lowest BCUT2D eigenvalue weighted by atomic mass is 10.2. The fourth-order valence-electron chi connectivity index (χ4n) is 1.35. The first-order valence-corrected chi connectivity index (χ1v) is 5.59. The van der Waals surface area contributed by atoms with Crippen LogP contribution in [0.2, 0.25) is 0 Å². The highest BCUT2D eigenvalue weighted by Gasteiger charge is 2.13. The molecule has 1 amide bonds. The van der Waals surface area contributed by atoms with Gasteiger partial charge in [-0.3, -0.25) is 9.63 Å². The molecule has 17 heavy (non-hydrogen) atoms. The minimum atomic E-state index is -0.125.